The van der Waals surface area contributed by atoms with E-state index in [1.54, 1.807) is 62.3 Å². The van der Waals surface area contributed by atoms with Gasteiger partial charge in [0.25, 0.3) is 0 Å². The van der Waals surface area contributed by atoms with Crippen LogP contribution in [0.3, 0.4) is 0 Å². The SMILES string of the molecule is CC(C)(C)OC(=O)NCCCN=C(N)N(C(=O)OC(C)(C)C)C(=O)OC(C)(C)C. The summed E-state index contributed by atoms with van der Waals surface area (Å²) < 4.78 is 15.5. The molecule has 0 rings (SSSR count). The minimum Gasteiger partial charge on any atom is -0.444 e. The summed E-state index contributed by atoms with van der Waals surface area (Å²) in [4.78, 5) is 41.0. The molecule has 10 nitrogen and oxygen atoms in total. The zero-order valence-electron chi connectivity index (χ0n) is 19.0. The summed E-state index contributed by atoms with van der Waals surface area (Å²) >= 11 is 0. The van der Waals surface area contributed by atoms with Crippen molar-refractivity contribution in [2.24, 2.45) is 10.7 Å². The molecule has 0 aromatic carbocycles. The van der Waals surface area contributed by atoms with Gasteiger partial charge in [0, 0.05) is 13.1 Å². The van der Waals surface area contributed by atoms with Crippen LogP contribution < -0.4 is 11.1 Å². The predicted octanol–water partition coefficient (Wildman–Crippen LogP) is 3.39. The Bertz CT molecular complexity index is 584. The van der Waals surface area contributed by atoms with Gasteiger partial charge in [-0.2, -0.15) is 0 Å². The Balaban J connectivity index is 4.97. The quantitative estimate of drug-likeness (QED) is 0.310. The standard InChI is InChI=1S/C19H36N4O6/c1-17(2,3)27-14(24)22-12-10-11-21-13(20)23(15(25)28-18(4,5)6)16(26)29-19(7,8)9/h10-12H2,1-9H3,(H2,20,21)(H,22,24). The van der Waals surface area contributed by atoms with Gasteiger partial charge in [0.05, 0.1) is 0 Å². The number of carbonyl (C=O) groups excluding carboxylic acids is 3. The Morgan fingerprint density at radius 2 is 1.24 bits per heavy atom. The van der Waals surface area contributed by atoms with Gasteiger partial charge in [-0.05, 0) is 68.7 Å². The van der Waals surface area contributed by atoms with Crippen LogP contribution in [-0.4, -0.2) is 59.0 Å². The number of rotatable bonds is 4. The van der Waals surface area contributed by atoms with Crippen molar-refractivity contribution < 1.29 is 28.6 Å². The summed E-state index contributed by atoms with van der Waals surface area (Å²) in [7, 11) is 0. The van der Waals surface area contributed by atoms with Crippen LogP contribution >= 0.6 is 0 Å². The first-order valence-electron chi connectivity index (χ1n) is 9.44. The molecule has 0 saturated carbocycles. The Labute approximate surface area is 173 Å². The van der Waals surface area contributed by atoms with Crippen molar-refractivity contribution in [2.75, 3.05) is 13.1 Å². The number of amides is 3. The minimum absolute atomic E-state index is 0.156. The van der Waals surface area contributed by atoms with E-state index in [-0.39, 0.29) is 19.0 Å². The molecular weight excluding hydrogens is 380 g/mol. The van der Waals surface area contributed by atoms with Gasteiger partial charge in [-0.3, -0.25) is 4.99 Å². The predicted molar refractivity (Wildman–Crippen MR) is 110 cm³/mol. The van der Waals surface area contributed by atoms with Gasteiger partial charge in [0.1, 0.15) is 16.8 Å². The Kier molecular flexibility index (Phi) is 9.42. The number of nitrogens with zero attached hydrogens (tertiary/aromatic N) is 2. The highest BCUT2D eigenvalue weighted by atomic mass is 16.6. The molecule has 0 spiro atoms. The first kappa shape index (κ1) is 26.5. The molecule has 0 radical (unpaired) electrons. The van der Waals surface area contributed by atoms with Crippen LogP contribution in [0.25, 0.3) is 0 Å². The average molecular weight is 417 g/mol. The first-order chi connectivity index (χ1) is 12.9. The van der Waals surface area contributed by atoms with Crippen LogP contribution in [-0.2, 0) is 14.2 Å². The second-order valence-corrected chi connectivity index (χ2v) is 9.32. The van der Waals surface area contributed by atoms with E-state index in [4.69, 9.17) is 19.9 Å². The van der Waals surface area contributed by atoms with Gasteiger partial charge in [-0.1, -0.05) is 0 Å². The van der Waals surface area contributed by atoms with Crippen molar-refractivity contribution in [1.82, 2.24) is 10.2 Å². The molecule has 0 heterocycles. The molecule has 29 heavy (non-hydrogen) atoms. The van der Waals surface area contributed by atoms with Crippen LogP contribution in [0.2, 0.25) is 0 Å². The average Bonchev–Trinajstić information content (AvgIpc) is 2.40. The Morgan fingerprint density at radius 3 is 1.62 bits per heavy atom. The van der Waals surface area contributed by atoms with Crippen LogP contribution in [0.15, 0.2) is 4.99 Å². The molecule has 0 bridgehead atoms. The van der Waals surface area contributed by atoms with Crippen molar-refractivity contribution in [3.8, 4) is 0 Å². The third-order valence-electron chi connectivity index (χ3n) is 2.66. The fraction of sp³-hybridized carbons (Fsp3) is 0.789. The largest absolute Gasteiger partial charge is 0.444 e. The molecule has 0 aliphatic carbocycles. The number of imide groups is 1. The van der Waals surface area contributed by atoms with Gasteiger partial charge in [-0.15, -0.1) is 4.90 Å². The summed E-state index contributed by atoms with van der Waals surface area (Å²) in [5.74, 6) is -0.356. The maximum Gasteiger partial charge on any atom is 0.427 e. The van der Waals surface area contributed by atoms with Gasteiger partial charge in [-0.25, -0.2) is 14.4 Å². The minimum atomic E-state index is -0.986. The zero-order chi connectivity index (χ0) is 23.0. The molecule has 0 unspecified atom stereocenters. The molecule has 3 amide bonds. The highest BCUT2D eigenvalue weighted by Crippen LogP contribution is 2.14. The molecule has 0 atom stereocenters. The van der Waals surface area contributed by atoms with E-state index in [9.17, 15) is 14.4 Å². The fourth-order valence-electron chi connectivity index (χ4n) is 1.72. The van der Waals surface area contributed by atoms with E-state index in [1.165, 1.54) is 0 Å². The van der Waals surface area contributed by atoms with Crippen molar-refractivity contribution >= 4 is 24.2 Å². The van der Waals surface area contributed by atoms with Crippen molar-refractivity contribution in [2.45, 2.75) is 85.5 Å². The normalized spacial score (nSPS) is 12.8. The maximum absolute atomic E-state index is 12.4. The number of guanidine groups is 1. The van der Waals surface area contributed by atoms with Crippen molar-refractivity contribution in [3.05, 3.63) is 0 Å². The number of hydrogen-bond donors (Lipinski definition) is 2. The van der Waals surface area contributed by atoms with Gasteiger partial charge in [0.2, 0.25) is 5.96 Å². The molecule has 0 fully saturated rings. The van der Waals surface area contributed by atoms with Crippen molar-refractivity contribution in [1.29, 1.82) is 0 Å². The first-order valence-corrected chi connectivity index (χ1v) is 9.44. The van der Waals surface area contributed by atoms with E-state index < -0.39 is 35.1 Å². The highest BCUT2D eigenvalue weighted by molar-refractivity contribution is 6.07. The number of hydrogen-bond acceptors (Lipinski definition) is 7. The van der Waals surface area contributed by atoms with Crippen LogP contribution in [0.5, 0.6) is 0 Å². The van der Waals surface area contributed by atoms with E-state index in [2.05, 4.69) is 10.3 Å². The van der Waals surface area contributed by atoms with Gasteiger partial charge >= 0.3 is 18.3 Å². The Morgan fingerprint density at radius 1 is 0.828 bits per heavy atom. The lowest BCUT2D eigenvalue weighted by atomic mass is 10.2. The number of aliphatic imine (C=N–C) groups is 1. The zero-order valence-corrected chi connectivity index (χ0v) is 19.0. The summed E-state index contributed by atoms with van der Waals surface area (Å²) in [6.07, 6.45) is -2.10. The lowest BCUT2D eigenvalue weighted by Gasteiger charge is -2.27. The third-order valence-corrected chi connectivity index (χ3v) is 2.66. The molecular formula is C19H36N4O6. The monoisotopic (exact) mass is 416 g/mol. The number of nitrogens with one attached hydrogen (secondary N) is 1. The lowest BCUT2D eigenvalue weighted by Crippen LogP contribution is -2.50. The van der Waals surface area contributed by atoms with E-state index in [0.29, 0.717) is 11.3 Å². The van der Waals surface area contributed by atoms with Gasteiger partial charge < -0.3 is 25.3 Å². The number of ether oxygens (including phenoxy) is 3. The fourth-order valence-corrected chi connectivity index (χ4v) is 1.72. The molecule has 168 valence electrons. The number of alkyl carbamates (subject to hydrolysis) is 1. The van der Waals surface area contributed by atoms with Crippen molar-refractivity contribution in [3.63, 3.8) is 0 Å². The van der Waals surface area contributed by atoms with Crippen LogP contribution in [0.1, 0.15) is 68.7 Å². The smallest absolute Gasteiger partial charge is 0.427 e. The molecule has 10 heteroatoms. The molecule has 0 aliphatic rings. The molecule has 0 aliphatic heterocycles. The lowest BCUT2D eigenvalue weighted by molar-refractivity contribution is 0.0144. The highest BCUT2D eigenvalue weighted by Gasteiger charge is 2.33. The number of carbonyl (C=O) groups is 3. The van der Waals surface area contributed by atoms with E-state index >= 15 is 0 Å². The third kappa shape index (κ3) is 13.3. The van der Waals surface area contributed by atoms with Crippen LogP contribution in [0, 0.1) is 0 Å². The topological polar surface area (TPSA) is 133 Å². The summed E-state index contributed by atoms with van der Waals surface area (Å²) in [5, 5.41) is 2.58. The van der Waals surface area contributed by atoms with Gasteiger partial charge in [0.15, 0.2) is 0 Å². The maximum atomic E-state index is 12.4. The number of nitrogens with two attached hydrogens (primary N) is 1. The Hall–Kier alpha value is -2.52. The summed E-state index contributed by atoms with van der Waals surface area (Å²) in [6, 6.07) is 0. The molecule has 0 saturated heterocycles. The van der Waals surface area contributed by atoms with Crippen LogP contribution in [0.4, 0.5) is 14.4 Å². The summed E-state index contributed by atoms with van der Waals surface area (Å²) in [6.45, 7) is 15.7. The van der Waals surface area contributed by atoms with E-state index in [1.807, 2.05) is 0 Å². The molecule has 0 aromatic heterocycles. The molecule has 0 aromatic rings. The second kappa shape index (κ2) is 10.3. The second-order valence-electron chi connectivity index (χ2n) is 9.32. The van der Waals surface area contributed by atoms with E-state index in [0.717, 1.165) is 0 Å². The molecule has 3 N–H and O–H groups in total. The summed E-state index contributed by atoms with van der Waals surface area (Å²) in [5.41, 5.74) is 3.58.